The lowest BCUT2D eigenvalue weighted by Gasteiger charge is -1.98. The van der Waals surface area contributed by atoms with Gasteiger partial charge < -0.3 is 5.73 Å². The summed E-state index contributed by atoms with van der Waals surface area (Å²) in [6.45, 7) is 0.290. The van der Waals surface area contributed by atoms with Gasteiger partial charge >= 0.3 is 0 Å². The molecule has 2 rings (SSSR count). The Morgan fingerprint density at radius 3 is 2.80 bits per heavy atom. The number of anilines is 1. The minimum absolute atomic E-state index is 0.282. The van der Waals surface area contributed by atoms with Crippen LogP contribution in [-0.4, -0.2) is 14.3 Å². The molecule has 0 amide bonds. The van der Waals surface area contributed by atoms with Crippen molar-refractivity contribution in [1.29, 1.82) is 0 Å². The maximum atomic E-state index is 5.42. The van der Waals surface area contributed by atoms with Crippen LogP contribution in [0.2, 0.25) is 0 Å². The molecule has 2 aromatic heterocycles. The fraction of sp³-hybridized carbons (Fsp3) is 0.125. The number of rotatable bonds is 3. The highest BCUT2D eigenvalue weighted by atomic mass is 32.1. The van der Waals surface area contributed by atoms with Crippen LogP contribution in [0.1, 0.15) is 5.69 Å². The van der Waals surface area contributed by atoms with Crippen molar-refractivity contribution in [1.82, 2.24) is 14.3 Å². The maximum absolute atomic E-state index is 5.42. The minimum atomic E-state index is 0.282. The lowest BCUT2D eigenvalue weighted by atomic mass is 10.2. The minimum Gasteiger partial charge on any atom is -0.367 e. The van der Waals surface area contributed by atoms with E-state index in [1.807, 2.05) is 12.1 Å². The molecule has 2 heterocycles. The predicted molar refractivity (Wildman–Crippen MR) is 56.5 cm³/mol. The van der Waals surface area contributed by atoms with Crippen LogP contribution in [0.15, 0.2) is 18.3 Å². The van der Waals surface area contributed by atoms with Gasteiger partial charge in [0.05, 0.1) is 5.69 Å². The van der Waals surface area contributed by atoms with E-state index >= 15 is 0 Å². The summed E-state index contributed by atoms with van der Waals surface area (Å²) < 4.78 is 3.89. The van der Waals surface area contributed by atoms with Gasteiger partial charge in [0.1, 0.15) is 11.6 Å². The van der Waals surface area contributed by atoms with Crippen LogP contribution in [0.3, 0.4) is 0 Å². The topological polar surface area (TPSA) is 99.9 Å². The summed E-state index contributed by atoms with van der Waals surface area (Å²) in [5, 5.41) is 0.750. The zero-order valence-corrected chi connectivity index (χ0v) is 8.57. The second kappa shape index (κ2) is 4.30. The van der Waals surface area contributed by atoms with E-state index in [4.69, 9.17) is 11.6 Å². The van der Waals surface area contributed by atoms with E-state index in [-0.39, 0.29) is 5.95 Å². The van der Waals surface area contributed by atoms with Gasteiger partial charge in [-0.05, 0) is 23.7 Å². The molecule has 7 heteroatoms. The van der Waals surface area contributed by atoms with Gasteiger partial charge in [-0.3, -0.25) is 9.82 Å². The van der Waals surface area contributed by atoms with Gasteiger partial charge in [-0.1, -0.05) is 0 Å². The van der Waals surface area contributed by atoms with Crippen molar-refractivity contribution < 1.29 is 4.84 Å². The molecule has 78 valence electrons. The van der Waals surface area contributed by atoms with Crippen LogP contribution in [0.5, 0.6) is 0 Å². The number of hydrogen-bond donors (Lipinski definition) is 2. The van der Waals surface area contributed by atoms with Crippen molar-refractivity contribution in [2.45, 2.75) is 6.61 Å². The fourth-order valence-electron chi connectivity index (χ4n) is 1.07. The maximum Gasteiger partial charge on any atom is 0.232 e. The Balaban J connectivity index is 2.23. The third-order valence-corrected chi connectivity index (χ3v) is 2.52. The molecular formula is C8H9N5OS. The fourth-order valence-corrected chi connectivity index (χ4v) is 1.66. The lowest BCUT2D eigenvalue weighted by Crippen LogP contribution is -2.00. The first-order valence-corrected chi connectivity index (χ1v) is 4.93. The molecule has 2 aromatic rings. The zero-order valence-electron chi connectivity index (χ0n) is 7.75. The molecule has 0 atom stereocenters. The third-order valence-electron chi connectivity index (χ3n) is 1.74. The van der Waals surface area contributed by atoms with Crippen LogP contribution < -0.4 is 11.6 Å². The van der Waals surface area contributed by atoms with Crippen molar-refractivity contribution >= 4 is 17.5 Å². The molecule has 4 N–H and O–H groups in total. The molecule has 0 aliphatic heterocycles. The van der Waals surface area contributed by atoms with E-state index in [1.165, 1.54) is 11.5 Å². The molecule has 0 bridgehead atoms. The van der Waals surface area contributed by atoms with E-state index in [2.05, 4.69) is 19.2 Å². The van der Waals surface area contributed by atoms with Gasteiger partial charge in [0.2, 0.25) is 5.95 Å². The highest BCUT2D eigenvalue weighted by Crippen LogP contribution is 2.21. The van der Waals surface area contributed by atoms with Crippen molar-refractivity contribution in [2.75, 3.05) is 5.73 Å². The first-order valence-electron chi connectivity index (χ1n) is 4.16. The molecule has 0 unspecified atom stereocenters. The largest absolute Gasteiger partial charge is 0.367 e. The Morgan fingerprint density at radius 2 is 2.27 bits per heavy atom. The van der Waals surface area contributed by atoms with Gasteiger partial charge in [0.25, 0.3) is 0 Å². The number of nitrogens with two attached hydrogens (primary N) is 2. The number of hydrogen-bond acceptors (Lipinski definition) is 7. The Labute approximate surface area is 90.0 Å². The standard InChI is InChI=1S/C8H9N5OS/c9-8-12-7(15-13-8)5-1-2-6(4-14-10)11-3-5/h1-3H,4,10H2,(H2,9,13). The van der Waals surface area contributed by atoms with Crippen LogP contribution in [0.25, 0.3) is 10.6 Å². The second-order valence-electron chi connectivity index (χ2n) is 2.81. The molecule has 0 saturated heterocycles. The molecular weight excluding hydrogens is 214 g/mol. The summed E-state index contributed by atoms with van der Waals surface area (Å²) in [6.07, 6.45) is 1.69. The Kier molecular flexibility index (Phi) is 2.86. The van der Waals surface area contributed by atoms with E-state index in [1.54, 1.807) is 6.20 Å². The van der Waals surface area contributed by atoms with Crippen molar-refractivity contribution in [3.63, 3.8) is 0 Å². The summed E-state index contributed by atoms with van der Waals surface area (Å²) in [5.41, 5.74) is 7.07. The highest BCUT2D eigenvalue weighted by molar-refractivity contribution is 7.09. The van der Waals surface area contributed by atoms with Crippen molar-refractivity contribution in [3.05, 3.63) is 24.0 Å². The van der Waals surface area contributed by atoms with E-state index in [0.29, 0.717) is 6.61 Å². The SMILES string of the molecule is NOCc1ccc(-c2nc(N)ns2)cn1. The monoisotopic (exact) mass is 223 g/mol. The van der Waals surface area contributed by atoms with Crippen LogP contribution in [0, 0.1) is 0 Å². The summed E-state index contributed by atoms with van der Waals surface area (Å²) in [6, 6.07) is 3.70. The van der Waals surface area contributed by atoms with Crippen LogP contribution in [0.4, 0.5) is 5.95 Å². The normalized spacial score (nSPS) is 10.5. The zero-order chi connectivity index (χ0) is 10.7. The smallest absolute Gasteiger partial charge is 0.232 e. The predicted octanol–water partition coefficient (Wildman–Crippen LogP) is 0.573. The van der Waals surface area contributed by atoms with E-state index in [0.717, 1.165) is 16.3 Å². The quantitative estimate of drug-likeness (QED) is 0.738. The second-order valence-corrected chi connectivity index (χ2v) is 3.56. The molecule has 15 heavy (non-hydrogen) atoms. The van der Waals surface area contributed by atoms with Gasteiger partial charge in [0.15, 0.2) is 0 Å². The molecule has 0 spiro atoms. The Bertz CT molecular complexity index is 441. The molecule has 0 aliphatic rings. The average molecular weight is 223 g/mol. The number of nitrogen functional groups attached to an aromatic ring is 1. The number of aromatic nitrogens is 3. The molecule has 0 aromatic carbocycles. The Hall–Kier alpha value is -1.57. The highest BCUT2D eigenvalue weighted by Gasteiger charge is 2.04. The number of pyridine rings is 1. The number of nitrogens with zero attached hydrogens (tertiary/aromatic N) is 3. The Morgan fingerprint density at radius 1 is 1.40 bits per heavy atom. The summed E-state index contributed by atoms with van der Waals surface area (Å²) in [4.78, 5) is 12.7. The molecule has 0 fully saturated rings. The third kappa shape index (κ3) is 2.27. The van der Waals surface area contributed by atoms with Crippen LogP contribution in [-0.2, 0) is 11.4 Å². The first-order chi connectivity index (χ1) is 7.29. The molecule has 6 nitrogen and oxygen atoms in total. The van der Waals surface area contributed by atoms with Gasteiger partial charge in [-0.25, -0.2) is 5.90 Å². The van der Waals surface area contributed by atoms with E-state index in [9.17, 15) is 0 Å². The molecule has 0 radical (unpaired) electrons. The van der Waals surface area contributed by atoms with Gasteiger partial charge in [-0.15, -0.1) is 0 Å². The lowest BCUT2D eigenvalue weighted by molar-refractivity contribution is 0.121. The molecule has 0 saturated carbocycles. The molecule has 0 aliphatic carbocycles. The van der Waals surface area contributed by atoms with Crippen LogP contribution >= 0.6 is 11.5 Å². The van der Waals surface area contributed by atoms with Crippen molar-refractivity contribution in [3.8, 4) is 10.6 Å². The van der Waals surface area contributed by atoms with Crippen molar-refractivity contribution in [2.24, 2.45) is 5.90 Å². The first kappa shape index (κ1) is 9.97. The summed E-state index contributed by atoms with van der Waals surface area (Å²) in [5.74, 6) is 5.22. The summed E-state index contributed by atoms with van der Waals surface area (Å²) >= 11 is 1.24. The van der Waals surface area contributed by atoms with Gasteiger partial charge in [-0.2, -0.15) is 9.36 Å². The average Bonchev–Trinajstić information content (AvgIpc) is 2.67. The summed E-state index contributed by atoms with van der Waals surface area (Å²) in [7, 11) is 0. The van der Waals surface area contributed by atoms with E-state index < -0.39 is 0 Å². The van der Waals surface area contributed by atoms with Gasteiger partial charge in [0, 0.05) is 11.8 Å².